The summed E-state index contributed by atoms with van der Waals surface area (Å²) in [6, 6.07) is 9.75. The Morgan fingerprint density at radius 3 is 2.47 bits per heavy atom. The van der Waals surface area contributed by atoms with Crippen LogP contribution in [0.15, 0.2) is 52.0 Å². The van der Waals surface area contributed by atoms with Gasteiger partial charge >= 0.3 is 5.97 Å². The third kappa shape index (κ3) is 5.03. The summed E-state index contributed by atoms with van der Waals surface area (Å²) < 4.78 is 42.9. The Labute approximate surface area is 186 Å². The number of hydrogen-bond donors (Lipinski definition) is 0. The van der Waals surface area contributed by atoms with Gasteiger partial charge in [-0.15, -0.1) is 0 Å². The van der Waals surface area contributed by atoms with Gasteiger partial charge in [-0.25, -0.2) is 8.42 Å². The minimum atomic E-state index is -3.61. The molecule has 1 aromatic heterocycles. The largest absolute Gasteiger partial charge is 0.461 e. The first-order chi connectivity index (χ1) is 15.4. The Bertz CT molecular complexity index is 1040. The van der Waals surface area contributed by atoms with Crippen molar-refractivity contribution in [3.63, 3.8) is 0 Å². The summed E-state index contributed by atoms with van der Waals surface area (Å²) in [6.45, 7) is 2.30. The van der Waals surface area contributed by atoms with Crippen LogP contribution >= 0.6 is 0 Å². The number of amides is 1. The summed E-state index contributed by atoms with van der Waals surface area (Å²) in [7, 11) is -3.61. The van der Waals surface area contributed by atoms with Gasteiger partial charge in [-0.3, -0.25) is 9.59 Å². The molecule has 0 unspecified atom stereocenters. The van der Waals surface area contributed by atoms with Crippen molar-refractivity contribution in [3.8, 4) is 0 Å². The number of carbonyl (C=O) groups excluding carboxylic acids is 2. The second-order valence-electron chi connectivity index (χ2n) is 7.82. The molecule has 0 saturated carbocycles. The first kappa shape index (κ1) is 22.5. The average Bonchev–Trinajstić information content (AvgIpc) is 3.38. The summed E-state index contributed by atoms with van der Waals surface area (Å²) in [6.07, 6.45) is 2.48. The van der Waals surface area contributed by atoms with E-state index in [-0.39, 0.29) is 35.1 Å². The standard InChI is InChI=1S/C22H26N2O7S/c25-21(20-5-2-12-30-20)23-8-6-18(7-9-23)22(26)31-16-17-3-1-4-19(15-17)32(27,28)24-10-13-29-14-11-24/h1-5,12,15,18H,6-11,13-14,16H2. The van der Waals surface area contributed by atoms with Crippen LogP contribution in [0.1, 0.15) is 29.0 Å². The Morgan fingerprint density at radius 2 is 1.78 bits per heavy atom. The Balaban J connectivity index is 1.30. The molecule has 2 aromatic rings. The zero-order chi connectivity index (χ0) is 22.6. The van der Waals surface area contributed by atoms with E-state index >= 15 is 0 Å². The molecule has 0 spiro atoms. The summed E-state index contributed by atoms with van der Waals surface area (Å²) in [5.74, 6) is -0.523. The number of rotatable bonds is 6. The summed E-state index contributed by atoms with van der Waals surface area (Å²) >= 11 is 0. The first-order valence-corrected chi connectivity index (χ1v) is 12.1. The van der Waals surface area contributed by atoms with E-state index in [4.69, 9.17) is 13.9 Å². The number of piperidine rings is 1. The summed E-state index contributed by atoms with van der Waals surface area (Å²) in [5.41, 5.74) is 0.609. The fourth-order valence-corrected chi connectivity index (χ4v) is 5.36. The normalized spacial score (nSPS) is 18.4. The summed E-state index contributed by atoms with van der Waals surface area (Å²) in [5, 5.41) is 0. The molecule has 0 radical (unpaired) electrons. The van der Waals surface area contributed by atoms with Gasteiger partial charge in [0.15, 0.2) is 5.76 Å². The number of esters is 1. The quantitative estimate of drug-likeness (QED) is 0.604. The van der Waals surface area contributed by atoms with Gasteiger partial charge in [0.25, 0.3) is 5.91 Å². The van der Waals surface area contributed by atoms with Crippen molar-refractivity contribution < 1.29 is 31.9 Å². The molecule has 0 N–H and O–H groups in total. The number of likely N-dealkylation sites (tertiary alicyclic amines) is 1. The highest BCUT2D eigenvalue weighted by Gasteiger charge is 2.30. The molecule has 9 nitrogen and oxygen atoms in total. The lowest BCUT2D eigenvalue weighted by Gasteiger charge is -2.30. The van der Waals surface area contributed by atoms with Crippen molar-refractivity contribution in [1.29, 1.82) is 0 Å². The van der Waals surface area contributed by atoms with Crippen LogP contribution in [0, 0.1) is 5.92 Å². The molecule has 1 aromatic carbocycles. The number of sulfonamides is 1. The van der Waals surface area contributed by atoms with Crippen molar-refractivity contribution in [2.45, 2.75) is 24.3 Å². The highest BCUT2D eigenvalue weighted by Crippen LogP contribution is 2.22. The first-order valence-electron chi connectivity index (χ1n) is 10.6. The maximum Gasteiger partial charge on any atom is 0.309 e. The van der Waals surface area contributed by atoms with Crippen molar-refractivity contribution in [3.05, 3.63) is 54.0 Å². The van der Waals surface area contributed by atoms with Crippen LogP contribution in [0.4, 0.5) is 0 Å². The number of morpholine rings is 1. The number of carbonyl (C=O) groups is 2. The zero-order valence-corrected chi connectivity index (χ0v) is 18.5. The van der Waals surface area contributed by atoms with Gasteiger partial charge in [0, 0.05) is 26.2 Å². The van der Waals surface area contributed by atoms with Crippen molar-refractivity contribution in [1.82, 2.24) is 9.21 Å². The molecule has 0 aliphatic carbocycles. The van der Waals surface area contributed by atoms with Crippen LogP contribution in [-0.4, -0.2) is 68.9 Å². The fourth-order valence-electron chi connectivity index (χ4n) is 3.88. The smallest absolute Gasteiger partial charge is 0.309 e. The second-order valence-corrected chi connectivity index (χ2v) is 9.75. The summed E-state index contributed by atoms with van der Waals surface area (Å²) in [4.78, 5) is 26.7. The van der Waals surface area contributed by atoms with Gasteiger partial charge in [0.2, 0.25) is 10.0 Å². The van der Waals surface area contributed by atoms with Gasteiger partial charge in [-0.2, -0.15) is 4.31 Å². The van der Waals surface area contributed by atoms with Gasteiger partial charge in [-0.1, -0.05) is 12.1 Å². The fraction of sp³-hybridized carbons (Fsp3) is 0.455. The predicted molar refractivity (Wildman–Crippen MR) is 113 cm³/mol. The van der Waals surface area contributed by atoms with Crippen molar-refractivity contribution in [2.24, 2.45) is 5.92 Å². The molecule has 32 heavy (non-hydrogen) atoms. The van der Waals surface area contributed by atoms with Crippen LogP contribution in [0.2, 0.25) is 0 Å². The number of furan rings is 1. The van der Waals surface area contributed by atoms with E-state index in [9.17, 15) is 18.0 Å². The predicted octanol–water partition coefficient (Wildman–Crippen LogP) is 1.90. The highest BCUT2D eigenvalue weighted by molar-refractivity contribution is 7.89. The van der Waals surface area contributed by atoms with E-state index in [0.29, 0.717) is 57.8 Å². The Hall–Kier alpha value is -2.69. The van der Waals surface area contributed by atoms with Gasteiger partial charge in [-0.05, 0) is 42.7 Å². The van der Waals surface area contributed by atoms with Gasteiger partial charge in [0.1, 0.15) is 6.61 Å². The van der Waals surface area contributed by atoms with Crippen LogP contribution in [0.3, 0.4) is 0 Å². The zero-order valence-electron chi connectivity index (χ0n) is 17.6. The van der Waals surface area contributed by atoms with E-state index in [1.54, 1.807) is 41.3 Å². The molecular weight excluding hydrogens is 436 g/mol. The molecule has 2 aliphatic rings. The molecule has 4 rings (SSSR count). The molecule has 3 heterocycles. The molecule has 2 fully saturated rings. The molecular formula is C22H26N2O7S. The third-order valence-corrected chi connectivity index (χ3v) is 7.63. The molecule has 0 bridgehead atoms. The molecule has 172 valence electrons. The Kier molecular flexibility index (Phi) is 6.92. The molecule has 1 amide bonds. The van der Waals surface area contributed by atoms with Crippen molar-refractivity contribution in [2.75, 3.05) is 39.4 Å². The van der Waals surface area contributed by atoms with Crippen LogP contribution in [-0.2, 0) is 30.9 Å². The number of ether oxygens (including phenoxy) is 2. The van der Waals surface area contributed by atoms with Crippen LogP contribution < -0.4 is 0 Å². The molecule has 2 saturated heterocycles. The van der Waals surface area contributed by atoms with E-state index in [1.165, 1.54) is 10.6 Å². The van der Waals surface area contributed by atoms with Crippen LogP contribution in [0.5, 0.6) is 0 Å². The van der Waals surface area contributed by atoms with Gasteiger partial charge in [0.05, 0.1) is 30.3 Å². The van der Waals surface area contributed by atoms with E-state index in [2.05, 4.69) is 0 Å². The Morgan fingerprint density at radius 1 is 1.03 bits per heavy atom. The lowest BCUT2D eigenvalue weighted by molar-refractivity contribution is -0.151. The lowest BCUT2D eigenvalue weighted by atomic mass is 9.97. The maximum absolute atomic E-state index is 12.8. The van der Waals surface area contributed by atoms with E-state index in [0.717, 1.165) is 0 Å². The maximum atomic E-state index is 12.8. The second kappa shape index (κ2) is 9.85. The van der Waals surface area contributed by atoms with E-state index in [1.807, 2.05) is 0 Å². The lowest BCUT2D eigenvalue weighted by Crippen LogP contribution is -2.40. The van der Waals surface area contributed by atoms with E-state index < -0.39 is 10.0 Å². The number of hydrogen-bond acceptors (Lipinski definition) is 7. The number of nitrogens with zero attached hydrogens (tertiary/aromatic N) is 2. The van der Waals surface area contributed by atoms with Gasteiger partial charge < -0.3 is 18.8 Å². The molecule has 2 aliphatic heterocycles. The van der Waals surface area contributed by atoms with Crippen LogP contribution in [0.25, 0.3) is 0 Å². The minimum Gasteiger partial charge on any atom is -0.461 e. The number of benzene rings is 1. The highest BCUT2D eigenvalue weighted by atomic mass is 32.2. The average molecular weight is 463 g/mol. The SMILES string of the molecule is O=C(OCc1cccc(S(=O)(=O)N2CCOCC2)c1)C1CCN(C(=O)c2ccco2)CC1. The minimum absolute atomic E-state index is 0.00313. The molecule has 10 heteroatoms. The molecule has 0 atom stereocenters. The monoisotopic (exact) mass is 462 g/mol. The van der Waals surface area contributed by atoms with Crippen molar-refractivity contribution >= 4 is 21.9 Å². The topological polar surface area (TPSA) is 106 Å². The third-order valence-electron chi connectivity index (χ3n) is 5.73.